The van der Waals surface area contributed by atoms with Gasteiger partial charge in [0, 0.05) is 41.6 Å². The number of benzene rings is 2. The lowest BCUT2D eigenvalue weighted by molar-refractivity contribution is 0.383. The first-order valence-corrected chi connectivity index (χ1v) is 12.4. The average molecular weight is 507 g/mol. The van der Waals surface area contributed by atoms with Gasteiger partial charge in [0.05, 0.1) is 11.7 Å². The van der Waals surface area contributed by atoms with E-state index >= 15 is 0 Å². The molecule has 1 aliphatic heterocycles. The Bertz CT molecular complexity index is 1280. The predicted molar refractivity (Wildman–Crippen MR) is 143 cm³/mol. The Morgan fingerprint density at radius 1 is 1.00 bits per heavy atom. The zero-order chi connectivity index (χ0) is 23.7. The van der Waals surface area contributed by atoms with Crippen LogP contribution in [-0.4, -0.2) is 24.2 Å². The highest BCUT2D eigenvalue weighted by Crippen LogP contribution is 2.43. The van der Waals surface area contributed by atoms with Crippen molar-refractivity contribution in [3.8, 4) is 0 Å². The molecule has 2 atom stereocenters. The Balaban J connectivity index is 1.51. The van der Waals surface area contributed by atoms with E-state index < -0.39 is 0 Å². The van der Waals surface area contributed by atoms with Gasteiger partial charge in [-0.05, 0) is 85.0 Å². The van der Waals surface area contributed by atoms with Crippen molar-refractivity contribution in [2.75, 3.05) is 23.9 Å². The number of furan rings is 1. The third-order valence-electron chi connectivity index (χ3n) is 5.67. The third kappa shape index (κ3) is 4.64. The quantitative estimate of drug-likeness (QED) is 0.291. The summed E-state index contributed by atoms with van der Waals surface area (Å²) in [5.74, 6) is 0.816. The van der Waals surface area contributed by atoms with Gasteiger partial charge < -0.3 is 19.5 Å². The van der Waals surface area contributed by atoms with Crippen LogP contribution in [0.2, 0.25) is 5.02 Å². The van der Waals surface area contributed by atoms with E-state index in [0.717, 1.165) is 32.8 Å². The predicted octanol–water partition coefficient (Wildman–Crippen LogP) is 6.72. The van der Waals surface area contributed by atoms with Crippen LogP contribution in [0.15, 0.2) is 99.5 Å². The van der Waals surface area contributed by atoms with E-state index in [1.165, 1.54) is 0 Å². The molecule has 8 heteroatoms. The largest absolute Gasteiger partial charge is 0.452 e. The summed E-state index contributed by atoms with van der Waals surface area (Å²) >= 11 is 13.4. The normalized spacial score (nSPS) is 17.6. The minimum atomic E-state index is -0.188. The third-order valence-corrected chi connectivity index (χ3v) is 7.16. The minimum Gasteiger partial charge on any atom is -0.452 e. The summed E-state index contributed by atoms with van der Waals surface area (Å²) in [5, 5.41) is 5.63. The highest BCUT2D eigenvalue weighted by Gasteiger charge is 2.42. The molecule has 5 rings (SSSR count). The summed E-state index contributed by atoms with van der Waals surface area (Å²) in [6.07, 6.45) is 1.80. The number of pyridine rings is 1. The number of anilines is 2. The van der Waals surface area contributed by atoms with Crippen LogP contribution in [0.25, 0.3) is 0 Å². The summed E-state index contributed by atoms with van der Waals surface area (Å²) in [6.45, 7) is 0. The molecule has 5 nitrogen and oxygen atoms in total. The standard InChI is InChI=1S/C26H23ClN4OS2/c1-30(2)18-8-10-19(11-9-18)31-25(24(29-26(31)33)21-5-3-4-16-28-21)22-14-15-23(32-22)34-20-12-6-17(27)7-13-20/h3-16,24-25H,1-2H3,(H,29,33)/t24-,25-/m1/s1. The highest BCUT2D eigenvalue weighted by atomic mass is 35.5. The molecule has 1 aliphatic rings. The van der Waals surface area contributed by atoms with Crippen molar-refractivity contribution in [2.24, 2.45) is 0 Å². The van der Waals surface area contributed by atoms with E-state index in [1.807, 2.05) is 68.7 Å². The maximum absolute atomic E-state index is 6.37. The van der Waals surface area contributed by atoms with Crippen molar-refractivity contribution in [3.63, 3.8) is 0 Å². The minimum absolute atomic E-state index is 0.151. The van der Waals surface area contributed by atoms with Crippen molar-refractivity contribution in [2.45, 2.75) is 22.1 Å². The molecular weight excluding hydrogens is 484 g/mol. The van der Waals surface area contributed by atoms with Crippen molar-refractivity contribution in [3.05, 3.63) is 102 Å². The van der Waals surface area contributed by atoms with Gasteiger partial charge in [-0.15, -0.1) is 0 Å². The van der Waals surface area contributed by atoms with E-state index in [2.05, 4.69) is 44.4 Å². The maximum Gasteiger partial charge on any atom is 0.174 e. The SMILES string of the molecule is CN(C)c1ccc(N2C(=S)N[C@H](c3ccccn3)[C@H]2c2ccc(Sc3ccc(Cl)cc3)o2)cc1. The van der Waals surface area contributed by atoms with Crippen molar-refractivity contribution in [1.82, 2.24) is 10.3 Å². The van der Waals surface area contributed by atoms with Crippen molar-refractivity contribution in [1.29, 1.82) is 0 Å². The molecule has 1 N–H and O–H groups in total. The van der Waals surface area contributed by atoms with Gasteiger partial charge in [0.2, 0.25) is 0 Å². The van der Waals surface area contributed by atoms with Gasteiger partial charge in [-0.1, -0.05) is 29.4 Å². The second kappa shape index (κ2) is 9.70. The molecule has 0 unspecified atom stereocenters. The lowest BCUT2D eigenvalue weighted by atomic mass is 10.0. The molecule has 2 aromatic carbocycles. The fourth-order valence-electron chi connectivity index (χ4n) is 4.00. The fraction of sp³-hybridized carbons (Fsp3) is 0.154. The maximum atomic E-state index is 6.37. The molecule has 0 saturated carbocycles. The van der Waals surface area contributed by atoms with Gasteiger partial charge in [-0.3, -0.25) is 4.98 Å². The molecule has 1 fully saturated rings. The molecule has 172 valence electrons. The lowest BCUT2D eigenvalue weighted by Gasteiger charge is -2.26. The van der Waals surface area contributed by atoms with Gasteiger partial charge in [0.15, 0.2) is 10.2 Å². The Morgan fingerprint density at radius 3 is 2.44 bits per heavy atom. The summed E-state index contributed by atoms with van der Waals surface area (Å²) in [5.41, 5.74) is 3.03. The highest BCUT2D eigenvalue weighted by molar-refractivity contribution is 7.99. The van der Waals surface area contributed by atoms with Crippen LogP contribution in [0.3, 0.4) is 0 Å². The number of halogens is 1. The molecule has 0 aliphatic carbocycles. The Labute approximate surface area is 213 Å². The van der Waals surface area contributed by atoms with Gasteiger partial charge in [0.25, 0.3) is 0 Å². The van der Waals surface area contributed by atoms with E-state index in [-0.39, 0.29) is 12.1 Å². The van der Waals surface area contributed by atoms with Gasteiger partial charge >= 0.3 is 0 Å². The second-order valence-electron chi connectivity index (χ2n) is 8.12. The van der Waals surface area contributed by atoms with Gasteiger partial charge in [0.1, 0.15) is 11.8 Å². The van der Waals surface area contributed by atoms with E-state index in [0.29, 0.717) is 10.1 Å². The first kappa shape index (κ1) is 22.8. The number of aromatic nitrogens is 1. The molecule has 4 aromatic rings. The Hall–Kier alpha value is -3.00. The van der Waals surface area contributed by atoms with Crippen LogP contribution in [-0.2, 0) is 0 Å². The van der Waals surface area contributed by atoms with Crippen LogP contribution >= 0.6 is 35.6 Å². The van der Waals surface area contributed by atoms with Crippen LogP contribution < -0.4 is 15.1 Å². The molecule has 2 aromatic heterocycles. The van der Waals surface area contributed by atoms with Crippen LogP contribution in [0.5, 0.6) is 0 Å². The molecule has 3 heterocycles. The summed E-state index contributed by atoms with van der Waals surface area (Å²) in [7, 11) is 4.05. The summed E-state index contributed by atoms with van der Waals surface area (Å²) < 4.78 is 6.37. The Morgan fingerprint density at radius 2 is 1.76 bits per heavy atom. The topological polar surface area (TPSA) is 44.5 Å². The molecule has 0 radical (unpaired) electrons. The van der Waals surface area contributed by atoms with Crippen LogP contribution in [0.1, 0.15) is 23.5 Å². The number of nitrogens with zero attached hydrogens (tertiary/aromatic N) is 3. The van der Waals surface area contributed by atoms with E-state index in [4.69, 9.17) is 28.2 Å². The number of hydrogen-bond donors (Lipinski definition) is 1. The van der Waals surface area contributed by atoms with Crippen molar-refractivity contribution < 1.29 is 4.42 Å². The molecule has 34 heavy (non-hydrogen) atoms. The smallest absolute Gasteiger partial charge is 0.174 e. The van der Waals surface area contributed by atoms with Crippen LogP contribution in [0, 0.1) is 0 Å². The molecule has 0 amide bonds. The number of hydrogen-bond acceptors (Lipinski definition) is 5. The first-order valence-electron chi connectivity index (χ1n) is 10.8. The summed E-state index contributed by atoms with van der Waals surface area (Å²) in [6, 6.07) is 25.7. The Kier molecular flexibility index (Phi) is 6.50. The number of nitrogens with one attached hydrogen (secondary N) is 1. The second-order valence-corrected chi connectivity index (χ2v) is 10.0. The van der Waals surface area contributed by atoms with Gasteiger partial charge in [-0.25, -0.2) is 0 Å². The van der Waals surface area contributed by atoms with E-state index in [9.17, 15) is 0 Å². The van der Waals surface area contributed by atoms with Gasteiger partial charge in [-0.2, -0.15) is 0 Å². The van der Waals surface area contributed by atoms with E-state index in [1.54, 1.807) is 18.0 Å². The number of rotatable bonds is 6. The summed E-state index contributed by atoms with van der Waals surface area (Å²) in [4.78, 5) is 9.85. The zero-order valence-electron chi connectivity index (χ0n) is 18.7. The zero-order valence-corrected chi connectivity index (χ0v) is 21.1. The molecule has 1 saturated heterocycles. The number of thiocarbonyl (C=S) groups is 1. The molecular formula is C26H23ClN4OS2. The lowest BCUT2D eigenvalue weighted by Crippen LogP contribution is -2.29. The molecule has 0 bridgehead atoms. The monoisotopic (exact) mass is 506 g/mol. The molecule has 0 spiro atoms. The fourth-order valence-corrected chi connectivity index (χ4v) is 5.25. The van der Waals surface area contributed by atoms with Crippen molar-refractivity contribution >= 4 is 52.1 Å². The average Bonchev–Trinajstić information content (AvgIpc) is 3.45. The first-order chi connectivity index (χ1) is 16.5. The van der Waals surface area contributed by atoms with Crippen LogP contribution in [0.4, 0.5) is 11.4 Å².